The SMILES string of the molecule is CN1CC(=O)Nc2ncc(C=CC(=O)N(C)Cc3sc4ccccc4c3Cl)cc2C1.Cl. The summed E-state index contributed by atoms with van der Waals surface area (Å²) >= 11 is 8.10. The van der Waals surface area contributed by atoms with E-state index in [4.69, 9.17) is 11.6 Å². The average Bonchev–Trinajstić information content (AvgIpc) is 2.94. The Morgan fingerprint density at radius 3 is 2.90 bits per heavy atom. The van der Waals surface area contributed by atoms with Crippen LogP contribution in [0.2, 0.25) is 5.02 Å². The highest BCUT2D eigenvalue weighted by Gasteiger charge is 2.18. The number of anilines is 1. The van der Waals surface area contributed by atoms with E-state index >= 15 is 0 Å². The molecule has 3 heterocycles. The van der Waals surface area contributed by atoms with Crippen LogP contribution < -0.4 is 5.32 Å². The van der Waals surface area contributed by atoms with Crippen LogP contribution in [0.1, 0.15) is 16.0 Å². The second-order valence-corrected chi connectivity index (χ2v) is 8.87. The van der Waals surface area contributed by atoms with Crippen LogP contribution in [0.4, 0.5) is 5.82 Å². The summed E-state index contributed by atoms with van der Waals surface area (Å²) in [6, 6.07) is 9.90. The lowest BCUT2D eigenvalue weighted by Crippen LogP contribution is -2.26. The van der Waals surface area contributed by atoms with E-state index in [2.05, 4.69) is 10.3 Å². The molecule has 1 aromatic carbocycles. The lowest BCUT2D eigenvalue weighted by Gasteiger charge is -2.14. The fraction of sp³-hybridized carbons (Fsp3) is 0.227. The quantitative estimate of drug-likeness (QED) is 0.565. The maximum absolute atomic E-state index is 12.6. The molecule has 0 spiro atoms. The number of nitrogens with one attached hydrogen (secondary N) is 1. The van der Waals surface area contributed by atoms with Crippen LogP contribution in [-0.4, -0.2) is 47.2 Å². The Morgan fingerprint density at radius 1 is 1.35 bits per heavy atom. The summed E-state index contributed by atoms with van der Waals surface area (Å²) in [7, 11) is 3.64. The predicted octanol–water partition coefficient (Wildman–Crippen LogP) is 4.43. The fourth-order valence-corrected chi connectivity index (χ4v) is 4.92. The molecule has 1 aliphatic rings. The number of rotatable bonds is 4. The van der Waals surface area contributed by atoms with Crippen molar-refractivity contribution in [1.82, 2.24) is 14.8 Å². The van der Waals surface area contributed by atoms with E-state index in [-0.39, 0.29) is 24.2 Å². The van der Waals surface area contributed by atoms with Crippen molar-refractivity contribution in [2.75, 3.05) is 26.0 Å². The number of likely N-dealkylation sites (N-methyl/N-ethyl adjacent to an activating group) is 2. The van der Waals surface area contributed by atoms with Crippen molar-refractivity contribution in [3.63, 3.8) is 0 Å². The highest BCUT2D eigenvalue weighted by Crippen LogP contribution is 2.35. The first-order valence-corrected chi connectivity index (χ1v) is 10.7. The zero-order chi connectivity index (χ0) is 21.3. The Labute approximate surface area is 195 Å². The first-order valence-electron chi connectivity index (χ1n) is 9.47. The van der Waals surface area contributed by atoms with Gasteiger partial charge in [-0.3, -0.25) is 14.5 Å². The Morgan fingerprint density at radius 2 is 2.13 bits per heavy atom. The number of fused-ring (bicyclic) bond motifs is 2. The van der Waals surface area contributed by atoms with Crippen LogP contribution in [0.5, 0.6) is 0 Å². The van der Waals surface area contributed by atoms with Crippen LogP contribution in [0.25, 0.3) is 16.2 Å². The number of amides is 2. The molecular weight excluding hydrogens is 455 g/mol. The summed E-state index contributed by atoms with van der Waals surface area (Å²) in [5, 5.41) is 4.53. The second-order valence-electron chi connectivity index (χ2n) is 7.36. The molecule has 2 aromatic heterocycles. The van der Waals surface area contributed by atoms with E-state index in [1.807, 2.05) is 42.3 Å². The Kier molecular flexibility index (Phi) is 7.33. The maximum atomic E-state index is 12.6. The number of hydrogen-bond acceptors (Lipinski definition) is 5. The van der Waals surface area contributed by atoms with Crippen LogP contribution >= 0.6 is 35.3 Å². The van der Waals surface area contributed by atoms with Crippen molar-refractivity contribution < 1.29 is 9.59 Å². The minimum Gasteiger partial charge on any atom is -0.337 e. The van der Waals surface area contributed by atoms with Gasteiger partial charge in [0.2, 0.25) is 11.8 Å². The van der Waals surface area contributed by atoms with Gasteiger partial charge < -0.3 is 10.2 Å². The molecular formula is C22H22Cl2N4O2S. The number of aromatic nitrogens is 1. The molecule has 1 aliphatic heterocycles. The van der Waals surface area contributed by atoms with Crippen molar-refractivity contribution >= 4 is 69.1 Å². The van der Waals surface area contributed by atoms with Gasteiger partial charge in [-0.2, -0.15) is 0 Å². The van der Waals surface area contributed by atoms with Gasteiger partial charge in [0, 0.05) is 46.4 Å². The maximum Gasteiger partial charge on any atom is 0.246 e. The highest BCUT2D eigenvalue weighted by atomic mass is 35.5. The molecule has 9 heteroatoms. The summed E-state index contributed by atoms with van der Waals surface area (Å²) < 4.78 is 1.11. The summed E-state index contributed by atoms with van der Waals surface area (Å²) in [6.07, 6.45) is 4.92. The van der Waals surface area contributed by atoms with Gasteiger partial charge in [0.15, 0.2) is 0 Å². The predicted molar refractivity (Wildman–Crippen MR) is 129 cm³/mol. The van der Waals surface area contributed by atoms with Gasteiger partial charge >= 0.3 is 0 Å². The lowest BCUT2D eigenvalue weighted by molar-refractivity contribution is -0.125. The normalized spacial score (nSPS) is 14.1. The van der Waals surface area contributed by atoms with Gasteiger partial charge in [-0.05, 0) is 30.8 Å². The van der Waals surface area contributed by atoms with Crippen LogP contribution in [0.15, 0.2) is 42.6 Å². The molecule has 3 aromatic rings. The van der Waals surface area contributed by atoms with Gasteiger partial charge in [0.25, 0.3) is 0 Å². The van der Waals surface area contributed by atoms with Crippen molar-refractivity contribution in [3.05, 3.63) is 63.6 Å². The monoisotopic (exact) mass is 476 g/mol. The van der Waals surface area contributed by atoms with Crippen molar-refractivity contribution in [1.29, 1.82) is 0 Å². The third kappa shape index (κ3) is 5.25. The molecule has 0 radical (unpaired) electrons. The van der Waals surface area contributed by atoms with E-state index < -0.39 is 0 Å². The summed E-state index contributed by atoms with van der Waals surface area (Å²) in [5.41, 5.74) is 1.73. The fourth-order valence-electron chi connectivity index (χ4n) is 3.37. The molecule has 0 aliphatic carbocycles. The first kappa shape index (κ1) is 23.2. The molecule has 0 atom stereocenters. The minimum atomic E-state index is -0.121. The molecule has 6 nitrogen and oxygen atoms in total. The van der Waals surface area contributed by atoms with E-state index in [1.165, 1.54) is 6.08 Å². The highest BCUT2D eigenvalue weighted by molar-refractivity contribution is 7.19. The first-order chi connectivity index (χ1) is 14.4. The molecule has 0 bridgehead atoms. The number of nitrogens with zero attached hydrogens (tertiary/aromatic N) is 3. The van der Waals surface area contributed by atoms with Gasteiger partial charge in [-0.1, -0.05) is 29.8 Å². The summed E-state index contributed by atoms with van der Waals surface area (Å²) in [4.78, 5) is 33.3. The van der Waals surface area contributed by atoms with Gasteiger partial charge in [0.1, 0.15) is 5.82 Å². The topological polar surface area (TPSA) is 65.5 Å². The molecule has 0 saturated heterocycles. The lowest BCUT2D eigenvalue weighted by atomic mass is 10.1. The molecule has 31 heavy (non-hydrogen) atoms. The van der Waals surface area contributed by atoms with E-state index in [0.29, 0.717) is 30.5 Å². The molecule has 4 rings (SSSR count). The Balaban J connectivity index is 0.00000272. The van der Waals surface area contributed by atoms with Crippen molar-refractivity contribution in [2.45, 2.75) is 13.1 Å². The van der Waals surface area contributed by atoms with Gasteiger partial charge in [-0.15, -0.1) is 23.7 Å². The average molecular weight is 477 g/mol. The van der Waals surface area contributed by atoms with E-state index in [9.17, 15) is 9.59 Å². The number of thiophene rings is 1. The van der Waals surface area contributed by atoms with Gasteiger partial charge in [0.05, 0.1) is 18.1 Å². The molecule has 162 valence electrons. The van der Waals surface area contributed by atoms with Gasteiger partial charge in [-0.25, -0.2) is 4.98 Å². The van der Waals surface area contributed by atoms with Crippen molar-refractivity contribution in [2.24, 2.45) is 0 Å². The Bertz CT molecular complexity index is 1160. The smallest absolute Gasteiger partial charge is 0.246 e. The number of carbonyl (C=O) groups excluding carboxylic acids is 2. The molecule has 1 N–H and O–H groups in total. The number of carbonyl (C=O) groups is 2. The summed E-state index contributed by atoms with van der Waals surface area (Å²) in [6.45, 7) is 1.38. The third-order valence-electron chi connectivity index (χ3n) is 4.88. The Hall–Kier alpha value is -2.45. The van der Waals surface area contributed by atoms with Crippen LogP contribution in [0, 0.1) is 0 Å². The molecule has 0 unspecified atom stereocenters. The van der Waals surface area contributed by atoms with E-state index in [1.54, 1.807) is 35.6 Å². The van der Waals surface area contributed by atoms with Crippen molar-refractivity contribution in [3.8, 4) is 0 Å². The minimum absolute atomic E-state index is 0. The second kappa shape index (κ2) is 9.78. The number of benzene rings is 1. The largest absolute Gasteiger partial charge is 0.337 e. The molecule has 0 saturated carbocycles. The zero-order valence-electron chi connectivity index (χ0n) is 17.1. The standard InChI is InChI=1S/C22H21ClN4O2S.ClH/c1-26-11-15-9-14(10-24-22(15)25-19(28)13-26)7-8-20(29)27(2)12-18-21(23)16-5-3-4-6-17(16)30-18;/h3-10H,11-13H2,1-2H3,(H,24,25,28);1H. The van der Waals surface area contributed by atoms with Crippen LogP contribution in [0.3, 0.4) is 0 Å². The number of pyridine rings is 1. The number of hydrogen-bond donors (Lipinski definition) is 1. The molecule has 0 fully saturated rings. The summed E-state index contributed by atoms with van der Waals surface area (Å²) in [5.74, 6) is 0.372. The number of halogens is 2. The van der Waals surface area contributed by atoms with Crippen LogP contribution in [-0.2, 0) is 22.7 Å². The molecule has 2 amide bonds. The third-order valence-corrected chi connectivity index (χ3v) is 6.58. The van der Waals surface area contributed by atoms with E-state index in [0.717, 1.165) is 26.1 Å². The zero-order valence-corrected chi connectivity index (χ0v) is 19.5.